The van der Waals surface area contributed by atoms with Crippen molar-refractivity contribution in [1.82, 2.24) is 4.90 Å². The molecule has 1 aliphatic heterocycles. The number of amides is 1. The third-order valence-corrected chi connectivity index (χ3v) is 6.38. The molecule has 2 heterocycles. The molecule has 2 aromatic rings. The number of ether oxygens (including phenoxy) is 1. The minimum atomic E-state index is 0.00781. The first-order valence-electron chi connectivity index (χ1n) is 7.30. The number of hydrogen-bond donors (Lipinski definition) is 0. The maximum absolute atomic E-state index is 12.8. The van der Waals surface area contributed by atoms with Crippen molar-refractivity contribution in [2.75, 3.05) is 13.7 Å². The number of hydrogen-bond acceptors (Lipinski definition) is 3. The third kappa shape index (κ3) is 2.57. The van der Waals surface area contributed by atoms with E-state index >= 15 is 0 Å². The van der Waals surface area contributed by atoms with Crippen LogP contribution in [0.4, 0.5) is 0 Å². The first-order valence-corrected chi connectivity index (χ1v) is 8.87. The number of methoxy groups -OCH3 is 1. The minimum absolute atomic E-state index is 0.00781. The summed E-state index contributed by atoms with van der Waals surface area (Å²) >= 11 is 14.1. The van der Waals surface area contributed by atoms with Gasteiger partial charge in [0.15, 0.2) is 0 Å². The molecule has 0 radical (unpaired) electrons. The maximum atomic E-state index is 12.8. The van der Waals surface area contributed by atoms with Crippen LogP contribution in [0, 0.1) is 0 Å². The summed E-state index contributed by atoms with van der Waals surface area (Å²) in [6, 6.07) is 3.89. The Kier molecular flexibility index (Phi) is 4.53. The summed E-state index contributed by atoms with van der Waals surface area (Å²) in [7, 11) is 1.57. The van der Waals surface area contributed by atoms with Gasteiger partial charge in [-0.15, -0.1) is 11.3 Å². The predicted octanol–water partition coefficient (Wildman–Crippen LogP) is 5.23. The lowest BCUT2D eigenvalue weighted by Crippen LogP contribution is -2.41. The predicted molar refractivity (Wildman–Crippen MR) is 92.7 cm³/mol. The molecule has 1 aromatic heterocycles. The summed E-state index contributed by atoms with van der Waals surface area (Å²) < 4.78 is 6.04. The van der Waals surface area contributed by atoms with Crippen molar-refractivity contribution in [3.05, 3.63) is 27.1 Å². The number of rotatable bonds is 2. The number of piperidine rings is 1. The number of nitrogens with zero attached hydrogens (tertiary/aromatic N) is 1. The van der Waals surface area contributed by atoms with Crippen LogP contribution in [-0.2, 0) is 0 Å². The molecular formula is C16H17Cl2NO2S. The second-order valence-corrected chi connectivity index (χ2v) is 7.32. The second-order valence-electron chi connectivity index (χ2n) is 5.55. The summed E-state index contributed by atoms with van der Waals surface area (Å²) in [5.41, 5.74) is 0. The summed E-state index contributed by atoms with van der Waals surface area (Å²) in [6.45, 7) is 2.88. The minimum Gasteiger partial charge on any atom is -0.495 e. The fraction of sp³-hybridized carbons (Fsp3) is 0.438. The summed E-state index contributed by atoms with van der Waals surface area (Å²) in [4.78, 5) is 15.3. The van der Waals surface area contributed by atoms with Crippen molar-refractivity contribution >= 4 is 50.5 Å². The van der Waals surface area contributed by atoms with Gasteiger partial charge in [-0.2, -0.15) is 0 Å². The number of likely N-dealkylation sites (tertiary alicyclic amines) is 1. The molecule has 1 amide bonds. The van der Waals surface area contributed by atoms with Gasteiger partial charge in [0.2, 0.25) is 0 Å². The molecular weight excluding hydrogens is 341 g/mol. The highest BCUT2D eigenvalue weighted by molar-refractivity contribution is 7.22. The van der Waals surface area contributed by atoms with E-state index in [1.54, 1.807) is 13.2 Å². The van der Waals surface area contributed by atoms with Gasteiger partial charge in [0.25, 0.3) is 5.91 Å². The molecule has 6 heteroatoms. The van der Waals surface area contributed by atoms with Crippen molar-refractivity contribution in [2.45, 2.75) is 32.2 Å². The third-order valence-electron chi connectivity index (χ3n) is 4.18. The first-order chi connectivity index (χ1) is 10.5. The molecule has 0 N–H and O–H groups in total. The lowest BCUT2D eigenvalue weighted by molar-refractivity contribution is 0.0641. The lowest BCUT2D eigenvalue weighted by atomic mass is 10.0. The maximum Gasteiger partial charge on any atom is 0.265 e. The zero-order chi connectivity index (χ0) is 15.9. The molecule has 118 valence electrons. The van der Waals surface area contributed by atoms with Crippen molar-refractivity contribution in [1.29, 1.82) is 0 Å². The largest absolute Gasteiger partial charge is 0.495 e. The van der Waals surface area contributed by atoms with Gasteiger partial charge in [-0.05, 0) is 38.3 Å². The van der Waals surface area contributed by atoms with Gasteiger partial charge in [-0.1, -0.05) is 23.2 Å². The van der Waals surface area contributed by atoms with Gasteiger partial charge in [0.1, 0.15) is 15.6 Å². The summed E-state index contributed by atoms with van der Waals surface area (Å²) in [5, 5.41) is 1.82. The smallest absolute Gasteiger partial charge is 0.265 e. The summed E-state index contributed by atoms with van der Waals surface area (Å²) in [5.74, 6) is 0.603. The van der Waals surface area contributed by atoms with Gasteiger partial charge >= 0.3 is 0 Å². The van der Waals surface area contributed by atoms with Gasteiger partial charge < -0.3 is 9.64 Å². The van der Waals surface area contributed by atoms with E-state index in [4.69, 9.17) is 27.9 Å². The van der Waals surface area contributed by atoms with E-state index in [0.717, 1.165) is 29.5 Å². The van der Waals surface area contributed by atoms with E-state index in [1.807, 2.05) is 11.0 Å². The zero-order valence-corrected chi connectivity index (χ0v) is 14.8. The Morgan fingerprint density at radius 2 is 2.09 bits per heavy atom. The molecule has 0 spiro atoms. The molecule has 1 saturated heterocycles. The number of carbonyl (C=O) groups excluding carboxylic acids is 1. The molecule has 22 heavy (non-hydrogen) atoms. The van der Waals surface area contributed by atoms with Crippen LogP contribution in [0.1, 0.15) is 35.9 Å². The Morgan fingerprint density at radius 3 is 2.77 bits per heavy atom. The average Bonchev–Trinajstić information content (AvgIpc) is 2.86. The molecule has 1 fully saturated rings. The highest BCUT2D eigenvalue weighted by Gasteiger charge is 2.28. The second kappa shape index (κ2) is 6.26. The Bertz CT molecular complexity index is 728. The average molecular weight is 358 g/mol. The van der Waals surface area contributed by atoms with E-state index in [2.05, 4.69) is 6.92 Å². The van der Waals surface area contributed by atoms with Gasteiger partial charge in [0, 0.05) is 18.0 Å². The molecule has 0 unspecified atom stereocenters. The fourth-order valence-electron chi connectivity index (χ4n) is 2.91. The standard InChI is InChI=1S/C16H17Cl2NO2S/c1-9-5-3-4-8-19(9)16(20)15-12(17)10-6-7-11(21-2)13(18)14(10)22-15/h6-7,9H,3-5,8H2,1-2H3/t9-/m0/s1. The van der Waals surface area contributed by atoms with E-state index in [-0.39, 0.29) is 11.9 Å². The molecule has 1 aromatic carbocycles. The van der Waals surface area contributed by atoms with Crippen LogP contribution in [0.15, 0.2) is 12.1 Å². The Balaban J connectivity index is 2.05. The molecule has 1 aliphatic rings. The number of carbonyl (C=O) groups is 1. The fourth-order valence-corrected chi connectivity index (χ4v) is 4.75. The molecule has 0 saturated carbocycles. The van der Waals surface area contributed by atoms with Crippen molar-refractivity contribution in [3.8, 4) is 5.75 Å². The van der Waals surface area contributed by atoms with E-state index in [1.165, 1.54) is 17.8 Å². The van der Waals surface area contributed by atoms with Crippen LogP contribution >= 0.6 is 34.5 Å². The van der Waals surface area contributed by atoms with Crippen LogP contribution in [0.5, 0.6) is 5.75 Å². The lowest BCUT2D eigenvalue weighted by Gasteiger charge is -2.33. The molecule has 0 bridgehead atoms. The molecule has 1 atom stereocenters. The number of halogens is 2. The van der Waals surface area contributed by atoms with Gasteiger partial charge in [-0.3, -0.25) is 4.79 Å². The number of benzene rings is 1. The number of thiophene rings is 1. The molecule has 3 nitrogen and oxygen atoms in total. The van der Waals surface area contributed by atoms with E-state index in [0.29, 0.717) is 20.7 Å². The first kappa shape index (κ1) is 15.9. The van der Waals surface area contributed by atoms with Crippen LogP contribution in [0.3, 0.4) is 0 Å². The Hall–Kier alpha value is -0.970. The van der Waals surface area contributed by atoms with Crippen molar-refractivity contribution in [3.63, 3.8) is 0 Å². The SMILES string of the molecule is COc1ccc2c(Cl)c(C(=O)N3CCCC[C@@H]3C)sc2c1Cl. The van der Waals surface area contributed by atoms with Crippen molar-refractivity contribution in [2.24, 2.45) is 0 Å². The monoisotopic (exact) mass is 357 g/mol. The molecule has 0 aliphatic carbocycles. The van der Waals surface area contributed by atoms with Crippen LogP contribution in [0.2, 0.25) is 10.0 Å². The van der Waals surface area contributed by atoms with Gasteiger partial charge in [-0.25, -0.2) is 0 Å². The Morgan fingerprint density at radius 1 is 1.32 bits per heavy atom. The van der Waals surface area contributed by atoms with E-state index in [9.17, 15) is 4.79 Å². The van der Waals surface area contributed by atoms with Crippen molar-refractivity contribution < 1.29 is 9.53 Å². The zero-order valence-electron chi connectivity index (χ0n) is 12.5. The Labute approximate surface area is 143 Å². The quantitative estimate of drug-likeness (QED) is 0.736. The summed E-state index contributed by atoms with van der Waals surface area (Å²) in [6.07, 6.45) is 3.27. The molecule has 3 rings (SSSR count). The van der Waals surface area contributed by atoms with Crippen LogP contribution in [0.25, 0.3) is 10.1 Å². The number of fused-ring (bicyclic) bond motifs is 1. The van der Waals surface area contributed by atoms with Gasteiger partial charge in [0.05, 0.1) is 16.8 Å². The highest BCUT2D eigenvalue weighted by atomic mass is 35.5. The highest BCUT2D eigenvalue weighted by Crippen LogP contribution is 2.43. The normalized spacial score (nSPS) is 18.7. The van der Waals surface area contributed by atoms with Crippen LogP contribution in [-0.4, -0.2) is 30.5 Å². The van der Waals surface area contributed by atoms with Crippen LogP contribution < -0.4 is 4.74 Å². The van der Waals surface area contributed by atoms with E-state index < -0.39 is 0 Å². The topological polar surface area (TPSA) is 29.5 Å².